The van der Waals surface area contributed by atoms with E-state index in [4.69, 9.17) is 5.11 Å². The molecule has 0 bridgehead atoms. The van der Waals surface area contributed by atoms with Crippen LogP contribution in [0.2, 0.25) is 0 Å². The number of aryl methyl sites for hydroxylation is 1. The van der Waals surface area contributed by atoms with E-state index >= 15 is 0 Å². The molecule has 1 aliphatic rings. The number of carboxylic acids is 1. The summed E-state index contributed by atoms with van der Waals surface area (Å²) < 4.78 is 37.6. The van der Waals surface area contributed by atoms with Gasteiger partial charge in [0.05, 0.1) is 11.3 Å². The van der Waals surface area contributed by atoms with Crippen molar-refractivity contribution < 1.29 is 27.9 Å². The number of aromatic nitrogens is 1. The number of amides is 1. The first-order valence-electron chi connectivity index (χ1n) is 6.27. The number of carbonyl (C=O) groups excluding carboxylic acids is 1. The van der Waals surface area contributed by atoms with Crippen molar-refractivity contribution in [3.05, 3.63) is 29.1 Å². The van der Waals surface area contributed by atoms with Crippen molar-refractivity contribution in [2.75, 3.05) is 6.54 Å². The highest BCUT2D eigenvalue weighted by Gasteiger charge is 2.36. The first-order chi connectivity index (χ1) is 9.70. The molecule has 1 aromatic rings. The van der Waals surface area contributed by atoms with Crippen LogP contribution in [0, 0.1) is 6.92 Å². The fourth-order valence-electron chi connectivity index (χ4n) is 2.00. The Morgan fingerprint density at radius 3 is 2.43 bits per heavy atom. The summed E-state index contributed by atoms with van der Waals surface area (Å²) in [4.78, 5) is 27.6. The second-order valence-electron chi connectivity index (χ2n) is 4.89. The molecule has 0 radical (unpaired) electrons. The highest BCUT2D eigenvalue weighted by atomic mass is 19.4. The summed E-state index contributed by atoms with van der Waals surface area (Å²) in [6.07, 6.45) is -3.18. The molecule has 8 heteroatoms. The second-order valence-corrected chi connectivity index (χ2v) is 4.89. The number of rotatable bonds is 4. The van der Waals surface area contributed by atoms with Gasteiger partial charge in [-0.1, -0.05) is 0 Å². The average Bonchev–Trinajstić information content (AvgIpc) is 3.18. The Morgan fingerprint density at radius 1 is 1.38 bits per heavy atom. The molecule has 1 N–H and O–H groups in total. The third-order valence-electron chi connectivity index (χ3n) is 3.16. The number of hydrogen-bond acceptors (Lipinski definition) is 3. The molecule has 1 aromatic heterocycles. The summed E-state index contributed by atoms with van der Waals surface area (Å²) in [5.74, 6) is -1.76. The summed E-state index contributed by atoms with van der Waals surface area (Å²) in [5.41, 5.74) is -1.14. The molecule has 21 heavy (non-hydrogen) atoms. The van der Waals surface area contributed by atoms with E-state index in [0.717, 1.165) is 12.1 Å². The lowest BCUT2D eigenvalue weighted by Crippen LogP contribution is -2.38. The van der Waals surface area contributed by atoms with Gasteiger partial charge in [0.1, 0.15) is 12.2 Å². The minimum Gasteiger partial charge on any atom is -0.480 e. The van der Waals surface area contributed by atoms with E-state index in [2.05, 4.69) is 4.98 Å². The first-order valence-corrected chi connectivity index (χ1v) is 6.27. The lowest BCUT2D eigenvalue weighted by atomic mass is 10.1. The maximum Gasteiger partial charge on any atom is 0.433 e. The van der Waals surface area contributed by atoms with Crippen molar-refractivity contribution in [2.45, 2.75) is 32.0 Å². The van der Waals surface area contributed by atoms with Crippen LogP contribution in [0.25, 0.3) is 0 Å². The maximum absolute atomic E-state index is 12.5. The minimum absolute atomic E-state index is 0.00356. The van der Waals surface area contributed by atoms with Crippen LogP contribution in [0.4, 0.5) is 13.2 Å². The number of nitrogens with zero attached hydrogens (tertiary/aromatic N) is 2. The van der Waals surface area contributed by atoms with Crippen LogP contribution in [-0.4, -0.2) is 39.5 Å². The van der Waals surface area contributed by atoms with Gasteiger partial charge in [0.2, 0.25) is 0 Å². The summed E-state index contributed by atoms with van der Waals surface area (Å²) in [6, 6.07) is 1.62. The molecular weight excluding hydrogens is 289 g/mol. The number of aliphatic carboxylic acids is 1. The quantitative estimate of drug-likeness (QED) is 0.924. The third-order valence-corrected chi connectivity index (χ3v) is 3.16. The van der Waals surface area contributed by atoms with Crippen LogP contribution in [0.1, 0.15) is 34.6 Å². The highest BCUT2D eigenvalue weighted by Crippen LogP contribution is 2.30. The van der Waals surface area contributed by atoms with Gasteiger partial charge >= 0.3 is 12.1 Å². The Kier molecular flexibility index (Phi) is 3.89. The number of carboxylic acid groups (broad SMARTS) is 1. The number of halogens is 3. The summed E-state index contributed by atoms with van der Waals surface area (Å²) in [6.45, 7) is 0.832. The molecule has 5 nitrogen and oxygen atoms in total. The molecule has 1 saturated carbocycles. The summed E-state index contributed by atoms with van der Waals surface area (Å²) in [7, 11) is 0. The lowest BCUT2D eigenvalue weighted by molar-refractivity contribution is -0.141. The highest BCUT2D eigenvalue weighted by molar-refractivity contribution is 5.97. The molecule has 0 unspecified atom stereocenters. The minimum atomic E-state index is -4.58. The van der Waals surface area contributed by atoms with Gasteiger partial charge < -0.3 is 10.0 Å². The molecule has 0 atom stereocenters. The molecule has 114 valence electrons. The Morgan fingerprint density at radius 2 is 2.00 bits per heavy atom. The van der Waals surface area contributed by atoms with Gasteiger partial charge in [-0.3, -0.25) is 9.59 Å². The molecule has 0 aromatic carbocycles. The molecular formula is C13H13F3N2O3. The number of alkyl halides is 3. The number of hydrogen-bond donors (Lipinski definition) is 1. The van der Waals surface area contributed by atoms with E-state index in [0.29, 0.717) is 12.8 Å². The van der Waals surface area contributed by atoms with Crippen LogP contribution in [0.15, 0.2) is 12.1 Å². The van der Waals surface area contributed by atoms with Gasteiger partial charge in [0.15, 0.2) is 0 Å². The van der Waals surface area contributed by atoms with Crippen molar-refractivity contribution in [2.24, 2.45) is 0 Å². The van der Waals surface area contributed by atoms with Crippen molar-refractivity contribution in [1.29, 1.82) is 0 Å². The zero-order valence-electron chi connectivity index (χ0n) is 11.1. The molecule has 1 amide bonds. The van der Waals surface area contributed by atoms with Crippen molar-refractivity contribution in [3.8, 4) is 0 Å². The molecule has 1 fully saturated rings. The van der Waals surface area contributed by atoms with E-state index in [1.165, 1.54) is 11.8 Å². The van der Waals surface area contributed by atoms with Gasteiger partial charge in [-0.2, -0.15) is 13.2 Å². The van der Waals surface area contributed by atoms with Gasteiger partial charge in [-0.05, 0) is 31.9 Å². The first kappa shape index (κ1) is 15.3. The molecule has 0 spiro atoms. The van der Waals surface area contributed by atoms with Crippen LogP contribution >= 0.6 is 0 Å². The van der Waals surface area contributed by atoms with Crippen LogP contribution in [0.3, 0.4) is 0 Å². The van der Waals surface area contributed by atoms with E-state index < -0.39 is 30.3 Å². The Labute approximate surface area is 118 Å². The fraction of sp³-hybridized carbons (Fsp3) is 0.462. The molecule has 1 aliphatic carbocycles. The topological polar surface area (TPSA) is 70.5 Å². The SMILES string of the molecule is Cc1nc(C(F)(F)F)ccc1C(=O)N(CC(=O)O)C1CC1. The normalized spacial score (nSPS) is 14.9. The van der Waals surface area contributed by atoms with Gasteiger partial charge in [-0.15, -0.1) is 0 Å². The van der Waals surface area contributed by atoms with Crippen LogP contribution in [0.5, 0.6) is 0 Å². The maximum atomic E-state index is 12.5. The summed E-state index contributed by atoms with van der Waals surface area (Å²) in [5, 5.41) is 8.82. The number of pyridine rings is 1. The largest absolute Gasteiger partial charge is 0.480 e. The zero-order chi connectivity index (χ0) is 15.8. The number of carbonyl (C=O) groups is 2. The van der Waals surface area contributed by atoms with Crippen LogP contribution < -0.4 is 0 Å². The lowest BCUT2D eigenvalue weighted by Gasteiger charge is -2.21. The third kappa shape index (κ3) is 3.50. The van der Waals surface area contributed by atoms with Crippen molar-refractivity contribution in [3.63, 3.8) is 0 Å². The Bertz CT molecular complexity index is 583. The van der Waals surface area contributed by atoms with Gasteiger partial charge in [0.25, 0.3) is 5.91 Å². The Balaban J connectivity index is 2.28. The van der Waals surface area contributed by atoms with Gasteiger partial charge in [-0.25, -0.2) is 4.98 Å². The average molecular weight is 302 g/mol. The standard InChI is InChI=1S/C13H13F3N2O3/c1-7-9(4-5-10(17-7)13(14,15)16)12(21)18(6-11(19)20)8-2-3-8/h4-5,8H,2-3,6H2,1H3,(H,19,20). The Hall–Kier alpha value is -2.12. The molecule has 0 saturated heterocycles. The predicted octanol–water partition coefficient (Wildman–Crippen LogP) is 2.10. The summed E-state index contributed by atoms with van der Waals surface area (Å²) >= 11 is 0. The van der Waals surface area contributed by atoms with E-state index in [1.807, 2.05) is 0 Å². The molecule has 2 rings (SSSR count). The monoisotopic (exact) mass is 302 g/mol. The van der Waals surface area contributed by atoms with Crippen molar-refractivity contribution in [1.82, 2.24) is 9.88 Å². The smallest absolute Gasteiger partial charge is 0.433 e. The molecule has 0 aliphatic heterocycles. The zero-order valence-corrected chi connectivity index (χ0v) is 11.1. The predicted molar refractivity (Wildman–Crippen MR) is 65.7 cm³/mol. The van der Waals surface area contributed by atoms with E-state index in [-0.39, 0.29) is 17.3 Å². The van der Waals surface area contributed by atoms with E-state index in [1.54, 1.807) is 0 Å². The van der Waals surface area contributed by atoms with Crippen LogP contribution in [-0.2, 0) is 11.0 Å². The van der Waals surface area contributed by atoms with Crippen molar-refractivity contribution >= 4 is 11.9 Å². The fourth-order valence-corrected chi connectivity index (χ4v) is 2.00. The second kappa shape index (κ2) is 5.34. The van der Waals surface area contributed by atoms with Gasteiger partial charge in [0, 0.05) is 6.04 Å². The molecule has 1 heterocycles. The van der Waals surface area contributed by atoms with E-state index in [9.17, 15) is 22.8 Å².